The molecule has 504 valence electrons. The fourth-order valence-electron chi connectivity index (χ4n) is 8.35. The SMILES string of the molecule is BrCc1cccc(Br)c1.Brc1cccc(Cn2cncn2)c1.NS(=O)(=O)Cl.NS(=O)(=O)Oc1ccc(Oc2cccc(Cn3cncn3)c2)cc1.Oc1ccc(Oc2cccc(Cn3cncn3)c2)cc1.c1ccc(COc2ccc(Oc3cccc(Cn4cncn4)c3)cc2)cc1. The third-order valence-corrected chi connectivity index (χ3v) is 14.6. The van der Waals surface area contributed by atoms with Gasteiger partial charge in [-0.2, -0.15) is 42.4 Å². The van der Waals surface area contributed by atoms with E-state index in [1.54, 1.807) is 80.4 Å². The van der Waals surface area contributed by atoms with Crippen molar-refractivity contribution in [2.45, 2.75) is 38.1 Å². The number of alkyl halides is 1. The summed E-state index contributed by atoms with van der Waals surface area (Å²) in [5, 5.41) is 35.3. The van der Waals surface area contributed by atoms with Gasteiger partial charge < -0.3 is 28.2 Å². The minimum atomic E-state index is -4.03. The molecule has 0 bridgehead atoms. The molecule has 13 rings (SSSR count). The Morgan fingerprint density at radius 3 is 1.04 bits per heavy atom. The predicted molar refractivity (Wildman–Crippen MR) is 381 cm³/mol. The highest BCUT2D eigenvalue weighted by Gasteiger charge is 2.08. The first-order valence-corrected chi connectivity index (χ1v) is 35.6. The molecule has 98 heavy (non-hydrogen) atoms. The monoisotopic (exact) mass is 1570 g/mol. The van der Waals surface area contributed by atoms with Crippen LogP contribution in [0.15, 0.2) is 284 Å². The molecule has 0 amide bonds. The van der Waals surface area contributed by atoms with E-state index in [-0.39, 0.29) is 11.5 Å². The van der Waals surface area contributed by atoms with Gasteiger partial charge in [-0.05, 0) is 167 Å². The summed E-state index contributed by atoms with van der Waals surface area (Å²) in [5.41, 5.74) is 6.83. The molecule has 0 atom stereocenters. The summed E-state index contributed by atoms with van der Waals surface area (Å²) < 4.78 is 77.1. The van der Waals surface area contributed by atoms with Crippen molar-refractivity contribution in [2.24, 2.45) is 10.3 Å². The quantitative estimate of drug-likeness (QED) is 0.0471. The van der Waals surface area contributed by atoms with E-state index in [2.05, 4.69) is 132 Å². The molecule has 0 unspecified atom stereocenters. The van der Waals surface area contributed by atoms with Gasteiger partial charge in [-0.1, -0.05) is 139 Å². The zero-order valence-electron chi connectivity index (χ0n) is 51.7. The summed E-state index contributed by atoms with van der Waals surface area (Å²) in [7, 11) is -3.45. The molecule has 0 fully saturated rings. The molecule has 0 radical (unpaired) electrons. The number of rotatable bonds is 20. The predicted octanol–water partition coefficient (Wildman–Crippen LogP) is 14.1. The molecule has 0 saturated carbocycles. The van der Waals surface area contributed by atoms with Crippen molar-refractivity contribution >= 4 is 78.0 Å². The summed E-state index contributed by atoms with van der Waals surface area (Å²) in [4.78, 5) is 15.7. The molecular formula is C68H62Br3ClN14O10S2. The average molecular weight is 1570 g/mol. The molecule has 4 heterocycles. The third-order valence-electron chi connectivity index (χ3n) is 12.5. The largest absolute Gasteiger partial charge is 0.508 e. The van der Waals surface area contributed by atoms with Crippen molar-refractivity contribution in [3.8, 4) is 51.7 Å². The van der Waals surface area contributed by atoms with E-state index in [9.17, 15) is 21.9 Å². The number of benzene rings is 9. The van der Waals surface area contributed by atoms with E-state index in [0.717, 1.165) is 66.1 Å². The van der Waals surface area contributed by atoms with Gasteiger partial charge >= 0.3 is 10.3 Å². The maximum atomic E-state index is 10.9. The zero-order chi connectivity index (χ0) is 69.4. The molecule has 0 saturated heterocycles. The van der Waals surface area contributed by atoms with Gasteiger partial charge in [0.2, 0.25) is 0 Å². The molecule has 4 aromatic heterocycles. The van der Waals surface area contributed by atoms with Crippen LogP contribution < -0.4 is 33.4 Å². The van der Waals surface area contributed by atoms with Crippen LogP contribution in [-0.4, -0.2) is 81.0 Å². The summed E-state index contributed by atoms with van der Waals surface area (Å²) in [5.74, 6) is 5.30. The van der Waals surface area contributed by atoms with Crippen molar-refractivity contribution in [3.05, 3.63) is 317 Å². The standard InChI is InChI=1S/C22H19N3O2.C15H14N4O4S.C15H13N3O2.C9H8BrN3.C7H6Br2.ClH2NO2S/c1-2-5-18(6-3-1)15-26-20-9-11-21(12-10-20)27-22-8-4-7-19(13-22)14-25-17-23-16-24-25;16-24(20,21)23-14-6-4-13(5-7-14)22-15-3-1-2-12(8-15)9-19-11-17-10-18-19;19-13-4-6-14(7-5-13)20-15-3-1-2-12(8-15)9-18-11-16-10-17-18;10-9-3-1-2-8(4-9)5-13-7-11-6-12-13;8-5-6-2-1-3-7(9)4-6;1-5(2,3)4/h1-13,16-17H,14-15H2;1-8,10-11H,9H2,(H2,16,20,21);1-8,10-11,19H,9H2;1-4,6-7H,5H2;1-4H,5H2;(H2,2,3,4). The van der Waals surface area contributed by atoms with Crippen LogP contribution in [0.1, 0.15) is 33.4 Å². The van der Waals surface area contributed by atoms with Gasteiger partial charge in [0.05, 0.1) is 26.2 Å². The van der Waals surface area contributed by atoms with Gasteiger partial charge in [0.25, 0.3) is 9.24 Å². The molecule has 0 aliphatic rings. The van der Waals surface area contributed by atoms with Crippen LogP contribution in [0.2, 0.25) is 0 Å². The van der Waals surface area contributed by atoms with Gasteiger partial charge in [-0.3, -0.25) is 0 Å². The maximum absolute atomic E-state index is 10.9. The van der Waals surface area contributed by atoms with Crippen LogP contribution in [0, 0.1) is 0 Å². The van der Waals surface area contributed by atoms with Gasteiger partial charge in [0.15, 0.2) is 0 Å². The first-order valence-electron chi connectivity index (χ1n) is 29.0. The Balaban J connectivity index is 0.000000159. The first kappa shape index (κ1) is 73.7. The molecule has 13 aromatic rings. The summed E-state index contributed by atoms with van der Waals surface area (Å²) >= 11 is 10.2. The molecule has 9 aromatic carbocycles. The molecule has 0 aliphatic carbocycles. The lowest BCUT2D eigenvalue weighted by molar-refractivity contribution is 0.306. The highest BCUT2D eigenvalue weighted by Crippen LogP contribution is 2.28. The van der Waals surface area contributed by atoms with E-state index < -0.39 is 19.5 Å². The lowest BCUT2D eigenvalue weighted by Gasteiger charge is -2.10. The Labute approximate surface area is 595 Å². The van der Waals surface area contributed by atoms with Crippen LogP contribution in [0.3, 0.4) is 0 Å². The van der Waals surface area contributed by atoms with Crippen LogP contribution >= 0.6 is 58.5 Å². The highest BCUT2D eigenvalue weighted by molar-refractivity contribution is 9.10. The Hall–Kier alpha value is -10.1. The average Bonchev–Trinajstić information content (AvgIpc) is 1.08. The van der Waals surface area contributed by atoms with Gasteiger partial charge in [-0.15, -0.1) is 0 Å². The lowest BCUT2D eigenvalue weighted by atomic mass is 10.2. The van der Waals surface area contributed by atoms with Crippen molar-refractivity contribution < 1.29 is 45.1 Å². The summed E-state index contributed by atoms with van der Waals surface area (Å²) in [6, 6.07) is 70.1. The van der Waals surface area contributed by atoms with Gasteiger partial charge in [0, 0.05) is 25.0 Å². The number of phenols is 1. The Bertz CT molecular complexity index is 4670. The van der Waals surface area contributed by atoms with E-state index >= 15 is 0 Å². The Morgan fingerprint density at radius 1 is 0.388 bits per heavy atom. The van der Waals surface area contributed by atoms with Crippen LogP contribution in [-0.2, 0) is 57.7 Å². The molecule has 0 spiro atoms. The minimum absolute atomic E-state index is 0.116. The number of ether oxygens (including phenoxy) is 4. The van der Waals surface area contributed by atoms with Crippen molar-refractivity contribution in [1.29, 1.82) is 0 Å². The Morgan fingerprint density at radius 2 is 0.704 bits per heavy atom. The number of hydrogen-bond donors (Lipinski definition) is 3. The van der Waals surface area contributed by atoms with Gasteiger partial charge in [0.1, 0.15) is 109 Å². The van der Waals surface area contributed by atoms with Crippen molar-refractivity contribution in [2.75, 3.05) is 0 Å². The topological polar surface area (TPSA) is 310 Å². The van der Waals surface area contributed by atoms with E-state index in [1.807, 2.05) is 152 Å². The van der Waals surface area contributed by atoms with Crippen molar-refractivity contribution in [3.63, 3.8) is 0 Å². The number of nitrogens with two attached hydrogens (primary N) is 2. The summed E-state index contributed by atoms with van der Waals surface area (Å²) in [6.45, 7) is 3.19. The fraction of sp³-hybridized carbons (Fsp3) is 0.0882. The molecular weight excluding hydrogens is 1510 g/mol. The Kier molecular flexibility index (Phi) is 29.0. The number of aromatic nitrogens is 12. The molecule has 30 heteroatoms. The molecule has 5 N–H and O–H groups in total. The van der Waals surface area contributed by atoms with Crippen molar-refractivity contribution in [1.82, 2.24) is 59.1 Å². The van der Waals surface area contributed by atoms with Gasteiger partial charge in [-0.25, -0.2) is 43.8 Å². The minimum Gasteiger partial charge on any atom is -0.508 e. The second-order valence-corrected chi connectivity index (χ2v) is 26.1. The van der Waals surface area contributed by atoms with E-state index in [4.69, 9.17) is 24.1 Å². The number of nitrogens with zero attached hydrogens (tertiary/aromatic N) is 12. The number of hydrogen-bond acceptors (Lipinski definition) is 18. The maximum Gasteiger partial charge on any atom is 0.380 e. The van der Waals surface area contributed by atoms with E-state index in [0.29, 0.717) is 43.5 Å². The zero-order valence-corrected chi connectivity index (χ0v) is 58.8. The first-order chi connectivity index (χ1) is 47.3. The number of phenolic OH excluding ortho intramolecular Hbond substituents is 1. The van der Waals surface area contributed by atoms with Crippen LogP contribution in [0.5, 0.6) is 51.7 Å². The second-order valence-electron chi connectivity index (χ2n) is 20.3. The van der Waals surface area contributed by atoms with Crippen LogP contribution in [0.4, 0.5) is 0 Å². The molecule has 0 aliphatic heterocycles. The smallest absolute Gasteiger partial charge is 0.380 e. The second kappa shape index (κ2) is 38.6. The lowest BCUT2D eigenvalue weighted by Crippen LogP contribution is -2.18. The number of halogens is 4. The summed E-state index contributed by atoms with van der Waals surface area (Å²) in [6.07, 6.45) is 12.8. The van der Waals surface area contributed by atoms with E-state index in [1.165, 1.54) is 48.6 Å². The third kappa shape index (κ3) is 29.1. The molecule has 24 nitrogen and oxygen atoms in total. The normalized spacial score (nSPS) is 10.6. The van der Waals surface area contributed by atoms with Crippen LogP contribution in [0.25, 0.3) is 0 Å². The highest BCUT2D eigenvalue weighted by atomic mass is 79.9. The fourth-order valence-corrected chi connectivity index (χ4v) is 9.97. The number of aromatic hydroxyl groups is 1.